The van der Waals surface area contributed by atoms with E-state index >= 15 is 0 Å². The van der Waals surface area contributed by atoms with E-state index in [9.17, 15) is 14.9 Å². The van der Waals surface area contributed by atoms with Gasteiger partial charge in [-0.25, -0.2) is 14.8 Å². The Morgan fingerprint density at radius 1 is 1.12 bits per heavy atom. The van der Waals surface area contributed by atoms with Crippen LogP contribution >= 0.6 is 0 Å². The third kappa shape index (κ3) is 3.09. The molecule has 24 heavy (non-hydrogen) atoms. The van der Waals surface area contributed by atoms with Crippen molar-refractivity contribution in [1.82, 2.24) is 9.97 Å². The minimum absolute atomic E-state index is 0.00436. The van der Waals surface area contributed by atoms with Crippen molar-refractivity contribution in [2.75, 3.05) is 36.0 Å². The fourth-order valence-electron chi connectivity index (χ4n) is 2.64. The Kier molecular flexibility index (Phi) is 4.23. The van der Waals surface area contributed by atoms with E-state index in [4.69, 9.17) is 5.11 Å². The Labute approximate surface area is 137 Å². The maximum Gasteiger partial charge on any atom is 0.354 e. The van der Waals surface area contributed by atoms with Crippen molar-refractivity contribution in [2.45, 2.75) is 0 Å². The van der Waals surface area contributed by atoms with Gasteiger partial charge in [-0.15, -0.1) is 0 Å². The van der Waals surface area contributed by atoms with E-state index in [1.807, 2.05) is 9.80 Å². The van der Waals surface area contributed by atoms with Crippen LogP contribution in [0.5, 0.6) is 0 Å². The lowest BCUT2D eigenvalue weighted by Gasteiger charge is -2.35. The van der Waals surface area contributed by atoms with E-state index in [1.165, 1.54) is 18.3 Å². The number of carboxylic acids is 1. The van der Waals surface area contributed by atoms with Gasteiger partial charge in [0.2, 0.25) is 5.82 Å². The first-order valence-corrected chi connectivity index (χ1v) is 7.36. The van der Waals surface area contributed by atoms with Gasteiger partial charge in [-0.05, 0) is 18.2 Å². The van der Waals surface area contributed by atoms with E-state index in [0.29, 0.717) is 37.8 Å². The van der Waals surface area contributed by atoms with E-state index in [1.54, 1.807) is 18.2 Å². The first-order valence-electron chi connectivity index (χ1n) is 7.36. The predicted molar refractivity (Wildman–Crippen MR) is 86.5 cm³/mol. The Balaban J connectivity index is 1.74. The molecule has 3 heterocycles. The highest BCUT2D eigenvalue weighted by molar-refractivity contribution is 5.85. The molecule has 0 aromatic carbocycles. The summed E-state index contributed by atoms with van der Waals surface area (Å²) < 4.78 is 0. The summed E-state index contributed by atoms with van der Waals surface area (Å²) in [6.07, 6.45) is 1.53. The number of anilines is 2. The molecule has 2 aromatic heterocycles. The summed E-state index contributed by atoms with van der Waals surface area (Å²) >= 11 is 0. The molecule has 1 aliphatic heterocycles. The summed E-state index contributed by atoms with van der Waals surface area (Å²) in [4.78, 5) is 33.8. The zero-order chi connectivity index (χ0) is 17.1. The number of nitrogens with zero attached hydrogens (tertiary/aromatic N) is 5. The molecule has 0 bridgehead atoms. The maximum atomic E-state index is 11.1. The average molecular weight is 329 g/mol. The van der Waals surface area contributed by atoms with Gasteiger partial charge in [-0.2, -0.15) is 0 Å². The third-order valence-corrected chi connectivity index (χ3v) is 3.82. The zero-order valence-corrected chi connectivity index (χ0v) is 12.7. The Bertz CT molecular complexity index is 774. The number of nitro groups is 1. The molecule has 9 nitrogen and oxygen atoms in total. The minimum Gasteiger partial charge on any atom is -0.477 e. The van der Waals surface area contributed by atoms with Gasteiger partial charge in [-0.1, -0.05) is 6.07 Å². The second kappa shape index (κ2) is 6.49. The lowest BCUT2D eigenvalue weighted by molar-refractivity contribution is -0.384. The highest BCUT2D eigenvalue weighted by atomic mass is 16.6. The van der Waals surface area contributed by atoms with Crippen molar-refractivity contribution in [3.8, 4) is 0 Å². The van der Waals surface area contributed by atoms with Crippen LogP contribution in [0, 0.1) is 10.1 Å². The first-order chi connectivity index (χ1) is 11.6. The lowest BCUT2D eigenvalue weighted by Crippen LogP contribution is -2.47. The van der Waals surface area contributed by atoms with Crippen molar-refractivity contribution in [1.29, 1.82) is 0 Å². The largest absolute Gasteiger partial charge is 0.477 e. The summed E-state index contributed by atoms with van der Waals surface area (Å²) in [5.74, 6) is -0.126. The number of aromatic nitrogens is 2. The van der Waals surface area contributed by atoms with Gasteiger partial charge in [-0.3, -0.25) is 10.1 Å². The summed E-state index contributed by atoms with van der Waals surface area (Å²) in [6.45, 7) is 2.22. The molecule has 1 N–H and O–H groups in total. The van der Waals surface area contributed by atoms with Crippen LogP contribution in [0.1, 0.15) is 10.5 Å². The number of aromatic carboxylic acids is 1. The monoisotopic (exact) mass is 329 g/mol. The van der Waals surface area contributed by atoms with Gasteiger partial charge >= 0.3 is 11.7 Å². The van der Waals surface area contributed by atoms with Crippen molar-refractivity contribution in [3.63, 3.8) is 0 Å². The molecule has 0 aliphatic carbocycles. The first kappa shape index (κ1) is 15.7. The summed E-state index contributed by atoms with van der Waals surface area (Å²) in [6, 6.07) is 7.83. The van der Waals surface area contributed by atoms with Gasteiger partial charge < -0.3 is 14.9 Å². The average Bonchev–Trinajstić information content (AvgIpc) is 2.62. The molecule has 0 amide bonds. The maximum absolute atomic E-state index is 11.1. The molecule has 1 fully saturated rings. The third-order valence-electron chi connectivity index (χ3n) is 3.82. The van der Waals surface area contributed by atoms with E-state index < -0.39 is 10.9 Å². The molecule has 0 spiro atoms. The smallest absolute Gasteiger partial charge is 0.354 e. The van der Waals surface area contributed by atoms with E-state index in [2.05, 4.69) is 9.97 Å². The quantitative estimate of drug-likeness (QED) is 0.662. The topological polar surface area (TPSA) is 113 Å². The lowest BCUT2D eigenvalue weighted by atomic mass is 10.2. The second-order valence-electron chi connectivity index (χ2n) is 5.26. The van der Waals surface area contributed by atoms with Crippen LogP contribution in [0.2, 0.25) is 0 Å². The van der Waals surface area contributed by atoms with Gasteiger partial charge in [0, 0.05) is 38.4 Å². The van der Waals surface area contributed by atoms with E-state index in [-0.39, 0.29) is 11.4 Å². The molecule has 0 saturated carbocycles. The Hall–Kier alpha value is -3.23. The fraction of sp³-hybridized carbons (Fsp3) is 0.267. The number of hydrogen-bond donors (Lipinski definition) is 1. The molecule has 124 valence electrons. The minimum atomic E-state index is -1.07. The van der Waals surface area contributed by atoms with E-state index in [0.717, 1.165) is 0 Å². The van der Waals surface area contributed by atoms with Crippen molar-refractivity contribution >= 4 is 23.3 Å². The normalized spacial score (nSPS) is 14.5. The SMILES string of the molecule is O=C(O)c1cccc(N2CCN(c3ncccc3[N+](=O)[O-])CC2)n1. The van der Waals surface area contributed by atoms with Crippen LogP contribution in [0.4, 0.5) is 17.3 Å². The van der Waals surface area contributed by atoms with Gasteiger partial charge in [0.15, 0.2) is 5.69 Å². The molecule has 0 atom stereocenters. The summed E-state index contributed by atoms with van der Waals surface area (Å²) in [5, 5.41) is 20.1. The fourth-order valence-corrected chi connectivity index (χ4v) is 2.64. The van der Waals surface area contributed by atoms with Crippen LogP contribution in [0.3, 0.4) is 0 Å². The molecule has 1 saturated heterocycles. The molecular weight excluding hydrogens is 314 g/mol. The van der Waals surface area contributed by atoms with Gasteiger partial charge in [0.25, 0.3) is 0 Å². The molecular formula is C15H15N5O4. The van der Waals surface area contributed by atoms with Crippen LogP contribution in [0.25, 0.3) is 0 Å². The molecule has 9 heteroatoms. The molecule has 0 radical (unpaired) electrons. The molecule has 1 aliphatic rings. The summed E-state index contributed by atoms with van der Waals surface area (Å²) in [5.41, 5.74) is -0.0211. The van der Waals surface area contributed by atoms with Gasteiger partial charge in [0.1, 0.15) is 5.82 Å². The standard InChI is InChI=1S/C15H15N5O4/c21-15(22)11-3-1-5-13(17-11)18-7-9-19(10-8-18)14-12(20(23)24)4-2-6-16-14/h1-6H,7-10H2,(H,21,22). The number of rotatable bonds is 4. The van der Waals surface area contributed by atoms with Crippen molar-refractivity contribution in [2.24, 2.45) is 0 Å². The van der Waals surface area contributed by atoms with Crippen LogP contribution in [0.15, 0.2) is 36.5 Å². The number of carboxylic acid groups (broad SMARTS) is 1. The number of pyridine rings is 2. The predicted octanol–water partition coefficient (Wildman–Crippen LogP) is 1.41. The molecule has 0 unspecified atom stereocenters. The Morgan fingerprint density at radius 3 is 2.50 bits per heavy atom. The van der Waals surface area contributed by atoms with Crippen molar-refractivity contribution < 1.29 is 14.8 Å². The van der Waals surface area contributed by atoms with Gasteiger partial charge in [0.05, 0.1) is 4.92 Å². The highest BCUT2D eigenvalue weighted by Crippen LogP contribution is 2.26. The number of piperazine rings is 1. The van der Waals surface area contributed by atoms with Crippen LogP contribution in [-0.4, -0.2) is 52.1 Å². The van der Waals surface area contributed by atoms with Crippen LogP contribution in [-0.2, 0) is 0 Å². The number of hydrogen-bond acceptors (Lipinski definition) is 7. The molecule has 3 rings (SSSR count). The number of carbonyl (C=O) groups is 1. The zero-order valence-electron chi connectivity index (χ0n) is 12.7. The van der Waals surface area contributed by atoms with Crippen LogP contribution < -0.4 is 9.80 Å². The highest BCUT2D eigenvalue weighted by Gasteiger charge is 2.25. The molecule has 2 aromatic rings. The van der Waals surface area contributed by atoms with Crippen molar-refractivity contribution in [3.05, 3.63) is 52.3 Å². The summed E-state index contributed by atoms with van der Waals surface area (Å²) in [7, 11) is 0. The Morgan fingerprint density at radius 2 is 1.83 bits per heavy atom. The second-order valence-corrected chi connectivity index (χ2v) is 5.26.